The van der Waals surface area contributed by atoms with E-state index in [9.17, 15) is 0 Å². The number of hydrogen-bond acceptors (Lipinski definition) is 1. The first kappa shape index (κ1) is 24.1. The van der Waals surface area contributed by atoms with Crippen LogP contribution in [0.25, 0.3) is 0 Å². The Balaban J connectivity index is -0.00000000167. The molecule has 1 nitrogen and oxygen atoms in total. The Kier molecular flexibility index (Phi) is 131. The molecule has 0 amide bonds. The molecule has 0 aromatic carbocycles. The van der Waals surface area contributed by atoms with Crippen LogP contribution in [0.1, 0.15) is 0 Å². The molecule has 0 aliphatic carbocycles. The maximum absolute atomic E-state index is 8.00. The van der Waals surface area contributed by atoms with Crippen LogP contribution in [0.2, 0.25) is 0 Å². The van der Waals surface area contributed by atoms with Crippen LogP contribution in [0.5, 0.6) is 0 Å². The van der Waals surface area contributed by atoms with Gasteiger partial charge in [0.2, 0.25) is 0 Å². The molecule has 0 heterocycles. The Morgan fingerprint density at radius 1 is 1.20 bits per heavy atom. The van der Waals surface area contributed by atoms with Gasteiger partial charge in [0.15, 0.2) is 0 Å². The molecule has 0 N–H and O–H groups in total. The average Bonchev–Trinajstić information content (AvgIpc) is 1.00. The zero-order valence-electron chi connectivity index (χ0n) is 1.80. The van der Waals surface area contributed by atoms with E-state index >= 15 is 0 Å². The molecular formula is H5BiCoFeOSr. The first-order valence-electron chi connectivity index (χ1n) is 0.144. The van der Waals surface area contributed by atoms with Gasteiger partial charge in [-0.05, 0) is 0 Å². The van der Waals surface area contributed by atoms with Crippen LogP contribution < -0.4 is 0 Å². The molecule has 1 radical (unpaired) electrons. The summed E-state index contributed by atoms with van der Waals surface area (Å²) >= 11 is 2.00. The Labute approximate surface area is 106 Å². The zero-order chi connectivity index (χ0) is 2.00. The van der Waals surface area contributed by atoms with E-state index in [0.29, 0.717) is 0 Å². The van der Waals surface area contributed by atoms with Gasteiger partial charge in [-0.15, -0.1) is 0 Å². The summed E-state index contributed by atoms with van der Waals surface area (Å²) in [7, 11) is 0. The summed E-state index contributed by atoms with van der Waals surface area (Å²) in [6.07, 6.45) is 0. The first-order valence-corrected chi connectivity index (χ1v) is 0.595. The van der Waals surface area contributed by atoms with Gasteiger partial charge in [0, 0.05) is 16.8 Å². The fraction of sp³-hybridized carbons (Fsp3) is 0. The molecule has 5 heavy (non-hydrogen) atoms. The molecule has 0 rings (SSSR count). The van der Waals surface area contributed by atoms with Crippen molar-refractivity contribution in [1.29, 1.82) is 0 Å². The Hall–Kier alpha value is 3.19. The van der Waals surface area contributed by atoms with E-state index in [1.54, 1.807) is 0 Å². The van der Waals surface area contributed by atoms with Crippen LogP contribution in [0.3, 0.4) is 0 Å². The summed E-state index contributed by atoms with van der Waals surface area (Å²) in [5, 5.41) is 0. The van der Waals surface area contributed by atoms with Crippen LogP contribution in [0, 0.1) is 0 Å². The van der Waals surface area contributed by atoms with Gasteiger partial charge in [0.25, 0.3) is 0 Å². The fourth-order valence-corrected chi connectivity index (χ4v) is 0. The molecule has 0 unspecified atom stereocenters. The topological polar surface area (TPSA) is 17.1 Å². The van der Waals surface area contributed by atoms with Crippen molar-refractivity contribution >= 4 is 71.7 Å². The summed E-state index contributed by atoms with van der Waals surface area (Å²) in [5.74, 6) is 0. The Morgan fingerprint density at radius 3 is 1.20 bits per heavy atom. The molecule has 0 atom stereocenters. The summed E-state index contributed by atoms with van der Waals surface area (Å²) in [5.41, 5.74) is 0. The van der Waals surface area contributed by atoms with E-state index in [4.69, 9.17) is 3.83 Å². The zero-order valence-corrected chi connectivity index (χ0v) is 9.45. The minimum atomic E-state index is 0. The molecule has 0 aromatic rings. The molecule has 5 heteroatoms. The molecule has 0 saturated heterocycles. The van der Waals surface area contributed by atoms with Crippen molar-refractivity contribution in [1.82, 2.24) is 0 Å². The van der Waals surface area contributed by atoms with Crippen molar-refractivity contribution in [3.05, 3.63) is 0 Å². The Bertz CT molecular complexity index is 11.6. The van der Waals surface area contributed by atoms with Gasteiger partial charge in [-0.2, -0.15) is 0 Å². The van der Waals surface area contributed by atoms with Crippen molar-refractivity contribution in [3.63, 3.8) is 0 Å². The molecular weight excluding hydrogens is 427 g/mol. The quantitative estimate of drug-likeness (QED) is 0.397. The van der Waals surface area contributed by atoms with Crippen LogP contribution in [-0.4, -0.2) is 71.7 Å². The van der Waals surface area contributed by atoms with Crippen LogP contribution in [0.15, 0.2) is 0 Å². The van der Waals surface area contributed by atoms with Gasteiger partial charge in [0.1, 0.15) is 0 Å². The third-order valence-corrected chi connectivity index (χ3v) is 0. The maximum atomic E-state index is 8.00. The second-order valence-electron chi connectivity index (χ2n) is 0. The minimum absolute atomic E-state index is 0. The molecule has 0 spiro atoms. The molecule has 0 aliphatic heterocycles. The monoisotopic (exact) mass is 433 g/mol. The Morgan fingerprint density at radius 2 is 1.20 bits per heavy atom. The second kappa shape index (κ2) is 27.1. The van der Waals surface area contributed by atoms with Gasteiger partial charge >= 0.3 is 91.5 Å². The van der Waals surface area contributed by atoms with Crippen molar-refractivity contribution < 1.29 is 36.6 Å². The molecule has 0 aliphatic rings. The summed E-state index contributed by atoms with van der Waals surface area (Å²) < 4.78 is 8.00. The fourth-order valence-electron chi connectivity index (χ4n) is 0. The van der Waals surface area contributed by atoms with Gasteiger partial charge in [0.05, 0.1) is 0 Å². The second-order valence-corrected chi connectivity index (χ2v) is 0. The third kappa shape index (κ3) is 19.0. The number of rotatable bonds is 0. The third-order valence-electron chi connectivity index (χ3n) is 0. The molecule has 35 valence electrons. The van der Waals surface area contributed by atoms with E-state index in [0.717, 1.165) is 0 Å². The van der Waals surface area contributed by atoms with Gasteiger partial charge in [-0.25, -0.2) is 0 Å². The van der Waals surface area contributed by atoms with Gasteiger partial charge in [-0.1, -0.05) is 0 Å². The van der Waals surface area contributed by atoms with Crippen molar-refractivity contribution in [2.24, 2.45) is 0 Å². The van der Waals surface area contributed by atoms with E-state index in [1.807, 2.05) is 15.9 Å². The first-order chi connectivity index (χ1) is 1.00. The molecule has 0 fully saturated rings. The molecule has 0 bridgehead atoms. The predicted octanol–water partition coefficient (Wildman–Crippen LogP) is -2.22. The van der Waals surface area contributed by atoms with E-state index in [1.165, 1.54) is 0 Å². The standard InChI is InChI=1S/Bi.Co.Fe.O.Sr.5H. The number of hydrogen-bond donors (Lipinski definition) is 0. The van der Waals surface area contributed by atoms with Crippen molar-refractivity contribution in [2.45, 2.75) is 0 Å². The van der Waals surface area contributed by atoms with Gasteiger partial charge < -0.3 is 0 Å². The summed E-state index contributed by atoms with van der Waals surface area (Å²) in [6.45, 7) is 0. The van der Waals surface area contributed by atoms with E-state index in [-0.39, 0.29) is 88.5 Å². The van der Waals surface area contributed by atoms with Gasteiger partial charge in [-0.3, -0.25) is 0 Å². The normalized spacial score (nSPS) is 1.00. The van der Waals surface area contributed by atoms with Crippen LogP contribution in [-0.2, 0) is 36.6 Å². The van der Waals surface area contributed by atoms with E-state index < -0.39 is 0 Å². The molecule has 0 saturated carbocycles. The van der Waals surface area contributed by atoms with Crippen molar-refractivity contribution in [3.8, 4) is 0 Å². The van der Waals surface area contributed by atoms with Crippen LogP contribution >= 0.6 is 0 Å². The SMILES string of the molecule is [BiH3].[Co].[O]=[Fe].[SrH2]. The average molecular weight is 432 g/mol. The summed E-state index contributed by atoms with van der Waals surface area (Å²) in [4.78, 5) is 0. The van der Waals surface area contributed by atoms with E-state index in [2.05, 4.69) is 0 Å². The summed E-state index contributed by atoms with van der Waals surface area (Å²) in [6, 6.07) is 0. The predicted molar refractivity (Wildman–Crippen MR) is 19.2 cm³/mol. The van der Waals surface area contributed by atoms with Crippen LogP contribution in [0.4, 0.5) is 0 Å². The van der Waals surface area contributed by atoms with Crippen molar-refractivity contribution in [2.75, 3.05) is 0 Å². The molecule has 0 aromatic heterocycles.